The normalized spacial score (nSPS) is 11.2. The number of nitrogens with zero attached hydrogens (tertiary/aromatic N) is 1. The summed E-state index contributed by atoms with van der Waals surface area (Å²) in [6.07, 6.45) is 5.13. The minimum Gasteiger partial charge on any atom is -0.352 e. The predicted molar refractivity (Wildman–Crippen MR) is 91.9 cm³/mol. The Balaban J connectivity index is 1.99. The summed E-state index contributed by atoms with van der Waals surface area (Å²) in [6.45, 7) is 2.84. The third-order valence-corrected chi connectivity index (χ3v) is 4.88. The van der Waals surface area contributed by atoms with Gasteiger partial charge in [0.25, 0.3) is 5.91 Å². The summed E-state index contributed by atoms with van der Waals surface area (Å²) in [5.74, 6) is -0.197. The highest BCUT2D eigenvalue weighted by atomic mass is 32.2. The number of carbonyl (C=O) groups excluding carboxylic acids is 1. The minimum atomic E-state index is -3.62. The van der Waals surface area contributed by atoms with Crippen molar-refractivity contribution in [2.24, 2.45) is 0 Å². The van der Waals surface area contributed by atoms with E-state index in [0.717, 1.165) is 18.4 Å². The van der Waals surface area contributed by atoms with Crippen LogP contribution in [-0.4, -0.2) is 25.9 Å². The highest BCUT2D eigenvalue weighted by Gasteiger charge is 2.14. The van der Waals surface area contributed by atoms with Crippen LogP contribution in [0.1, 0.15) is 35.7 Å². The number of pyridine rings is 1. The van der Waals surface area contributed by atoms with Gasteiger partial charge in [0, 0.05) is 31.0 Å². The number of aromatic nitrogens is 1. The number of amides is 1. The fourth-order valence-electron chi connectivity index (χ4n) is 2.03. The molecule has 0 aliphatic carbocycles. The lowest BCUT2D eigenvalue weighted by Gasteiger charge is -2.08. The maximum Gasteiger partial charge on any atom is 0.251 e. The van der Waals surface area contributed by atoms with Gasteiger partial charge in [-0.2, -0.15) is 0 Å². The number of benzene rings is 1. The second kappa shape index (κ2) is 8.56. The Morgan fingerprint density at radius 2 is 1.75 bits per heavy atom. The third kappa shape index (κ3) is 5.14. The van der Waals surface area contributed by atoms with Crippen molar-refractivity contribution in [3.05, 3.63) is 59.9 Å². The fraction of sp³-hybridized carbons (Fsp3) is 0.294. The molecule has 128 valence electrons. The minimum absolute atomic E-state index is 0.127. The zero-order chi connectivity index (χ0) is 17.4. The summed E-state index contributed by atoms with van der Waals surface area (Å²) in [5.41, 5.74) is 1.26. The quantitative estimate of drug-likeness (QED) is 0.716. The number of hydrogen-bond donors (Lipinski definition) is 2. The van der Waals surface area contributed by atoms with Crippen LogP contribution in [0, 0.1) is 0 Å². The van der Waals surface area contributed by atoms with Crippen LogP contribution in [0.3, 0.4) is 0 Å². The van der Waals surface area contributed by atoms with Crippen molar-refractivity contribution in [1.82, 2.24) is 15.0 Å². The van der Waals surface area contributed by atoms with Gasteiger partial charge in [0.1, 0.15) is 0 Å². The third-order valence-electron chi connectivity index (χ3n) is 3.46. The van der Waals surface area contributed by atoms with E-state index in [2.05, 4.69) is 15.0 Å². The standard InChI is InChI=1S/C17H21N3O3S/c1-2-3-10-19-17(21)15-4-6-16(7-5-15)24(22,23)20-13-14-8-11-18-12-9-14/h4-9,11-12,20H,2-3,10,13H2,1H3,(H,19,21). The average molecular weight is 347 g/mol. The van der Waals surface area contributed by atoms with E-state index in [4.69, 9.17) is 0 Å². The van der Waals surface area contributed by atoms with Crippen LogP contribution in [0.25, 0.3) is 0 Å². The molecule has 0 unspecified atom stereocenters. The van der Waals surface area contributed by atoms with E-state index in [1.54, 1.807) is 24.5 Å². The van der Waals surface area contributed by atoms with E-state index in [0.29, 0.717) is 12.1 Å². The lowest BCUT2D eigenvalue weighted by molar-refractivity contribution is 0.0953. The molecule has 0 aliphatic rings. The molecule has 0 bridgehead atoms. The van der Waals surface area contributed by atoms with Gasteiger partial charge in [-0.05, 0) is 48.4 Å². The highest BCUT2D eigenvalue weighted by molar-refractivity contribution is 7.89. The van der Waals surface area contributed by atoms with Crippen LogP contribution in [-0.2, 0) is 16.6 Å². The van der Waals surface area contributed by atoms with Gasteiger partial charge in [-0.15, -0.1) is 0 Å². The fourth-order valence-corrected chi connectivity index (χ4v) is 3.05. The van der Waals surface area contributed by atoms with E-state index in [1.165, 1.54) is 24.3 Å². The molecule has 0 atom stereocenters. The van der Waals surface area contributed by atoms with E-state index in [-0.39, 0.29) is 17.3 Å². The summed E-state index contributed by atoms with van der Waals surface area (Å²) in [6, 6.07) is 9.39. The molecule has 6 nitrogen and oxygen atoms in total. The Hall–Kier alpha value is -2.25. The molecule has 0 fully saturated rings. The Morgan fingerprint density at radius 3 is 2.38 bits per heavy atom. The second-order valence-electron chi connectivity index (χ2n) is 5.31. The van der Waals surface area contributed by atoms with Gasteiger partial charge in [0.2, 0.25) is 10.0 Å². The van der Waals surface area contributed by atoms with Crippen LogP contribution in [0.2, 0.25) is 0 Å². The van der Waals surface area contributed by atoms with Gasteiger partial charge in [-0.1, -0.05) is 13.3 Å². The number of nitrogens with one attached hydrogen (secondary N) is 2. The summed E-state index contributed by atoms with van der Waals surface area (Å²) in [5, 5.41) is 2.79. The van der Waals surface area contributed by atoms with Gasteiger partial charge in [-0.3, -0.25) is 9.78 Å². The smallest absolute Gasteiger partial charge is 0.251 e. The largest absolute Gasteiger partial charge is 0.352 e. The molecule has 0 radical (unpaired) electrons. The molecule has 1 amide bonds. The number of rotatable bonds is 8. The first-order chi connectivity index (χ1) is 11.5. The molecule has 0 saturated heterocycles. The first-order valence-corrected chi connectivity index (χ1v) is 9.28. The van der Waals surface area contributed by atoms with E-state index < -0.39 is 10.0 Å². The van der Waals surface area contributed by atoms with Crippen LogP contribution in [0.5, 0.6) is 0 Å². The average Bonchev–Trinajstić information content (AvgIpc) is 2.61. The Labute approximate surface area is 142 Å². The number of sulfonamides is 1. The van der Waals surface area contributed by atoms with Crippen molar-refractivity contribution in [3.8, 4) is 0 Å². The molecule has 1 heterocycles. The topological polar surface area (TPSA) is 88.2 Å². The molecule has 2 N–H and O–H groups in total. The molecule has 1 aromatic heterocycles. The van der Waals surface area contributed by atoms with Gasteiger partial charge >= 0.3 is 0 Å². The van der Waals surface area contributed by atoms with Crippen LogP contribution in [0.15, 0.2) is 53.7 Å². The van der Waals surface area contributed by atoms with Crippen molar-refractivity contribution in [3.63, 3.8) is 0 Å². The lowest BCUT2D eigenvalue weighted by atomic mass is 10.2. The first-order valence-electron chi connectivity index (χ1n) is 7.80. The van der Waals surface area contributed by atoms with E-state index in [9.17, 15) is 13.2 Å². The molecule has 24 heavy (non-hydrogen) atoms. The molecular weight excluding hydrogens is 326 g/mol. The van der Waals surface area contributed by atoms with Crippen LogP contribution < -0.4 is 10.0 Å². The summed E-state index contributed by atoms with van der Waals surface area (Å²) < 4.78 is 27.1. The molecule has 0 saturated carbocycles. The maximum atomic E-state index is 12.3. The van der Waals surface area contributed by atoms with Gasteiger partial charge < -0.3 is 5.32 Å². The number of hydrogen-bond acceptors (Lipinski definition) is 4. The van der Waals surface area contributed by atoms with Gasteiger partial charge in [-0.25, -0.2) is 13.1 Å². The van der Waals surface area contributed by atoms with Crippen LogP contribution in [0.4, 0.5) is 0 Å². The molecule has 0 spiro atoms. The monoisotopic (exact) mass is 347 g/mol. The first kappa shape index (κ1) is 18.1. The summed E-state index contributed by atoms with van der Waals surface area (Å²) in [4.78, 5) is 15.9. The molecule has 0 aliphatic heterocycles. The maximum absolute atomic E-state index is 12.3. The van der Waals surface area contributed by atoms with Crippen molar-refractivity contribution in [2.75, 3.05) is 6.54 Å². The Bertz CT molecular complexity index is 759. The van der Waals surface area contributed by atoms with Crippen molar-refractivity contribution < 1.29 is 13.2 Å². The van der Waals surface area contributed by atoms with Gasteiger partial charge in [0.15, 0.2) is 0 Å². The molecule has 2 rings (SSSR count). The molecule has 2 aromatic rings. The molecule has 1 aromatic carbocycles. The van der Waals surface area contributed by atoms with E-state index in [1.807, 2.05) is 6.92 Å². The Morgan fingerprint density at radius 1 is 1.08 bits per heavy atom. The number of unbranched alkanes of at least 4 members (excludes halogenated alkanes) is 1. The Kier molecular flexibility index (Phi) is 6.45. The summed E-state index contributed by atoms with van der Waals surface area (Å²) in [7, 11) is -3.62. The van der Waals surface area contributed by atoms with Gasteiger partial charge in [0.05, 0.1) is 4.90 Å². The zero-order valence-electron chi connectivity index (χ0n) is 13.5. The predicted octanol–water partition coefficient (Wildman–Crippen LogP) is 2.09. The molecule has 7 heteroatoms. The number of carbonyl (C=O) groups is 1. The lowest BCUT2D eigenvalue weighted by Crippen LogP contribution is -2.25. The second-order valence-corrected chi connectivity index (χ2v) is 7.08. The SMILES string of the molecule is CCCCNC(=O)c1ccc(S(=O)(=O)NCc2ccncc2)cc1. The van der Waals surface area contributed by atoms with Crippen molar-refractivity contribution in [1.29, 1.82) is 0 Å². The highest BCUT2D eigenvalue weighted by Crippen LogP contribution is 2.11. The zero-order valence-corrected chi connectivity index (χ0v) is 14.3. The molecular formula is C17H21N3O3S. The summed E-state index contributed by atoms with van der Waals surface area (Å²) >= 11 is 0. The van der Waals surface area contributed by atoms with E-state index >= 15 is 0 Å². The van der Waals surface area contributed by atoms with Crippen molar-refractivity contribution >= 4 is 15.9 Å². The van der Waals surface area contributed by atoms with Crippen molar-refractivity contribution in [2.45, 2.75) is 31.2 Å². The van der Waals surface area contributed by atoms with Crippen LogP contribution >= 0.6 is 0 Å².